The highest BCUT2D eigenvalue weighted by Gasteiger charge is 2.25. The Labute approximate surface area is 150 Å². The maximum atomic E-state index is 12.4. The summed E-state index contributed by atoms with van der Waals surface area (Å²) in [6.07, 6.45) is 6.14. The number of aromatic nitrogens is 3. The van der Waals surface area contributed by atoms with Crippen LogP contribution in [0.25, 0.3) is 0 Å². The predicted octanol–water partition coefficient (Wildman–Crippen LogP) is 1.18. The molecule has 1 saturated carbocycles. The lowest BCUT2D eigenvalue weighted by Crippen LogP contribution is -2.31. The average Bonchev–Trinajstić information content (AvgIpc) is 3.45. The molecule has 0 aromatic carbocycles. The predicted molar refractivity (Wildman–Crippen MR) is 90.3 cm³/mol. The zero-order chi connectivity index (χ0) is 18.6. The summed E-state index contributed by atoms with van der Waals surface area (Å²) in [4.78, 5) is 23.7. The number of ether oxygens (including phenoxy) is 2. The van der Waals surface area contributed by atoms with Crippen LogP contribution in [0.15, 0.2) is 35.6 Å². The molecule has 1 amide bonds. The SMILES string of the molecule is CCOc1ncccc1S(=O)(=O)NC(=O)c1cnc(OCC2CC2)cn1. The molecule has 0 aliphatic heterocycles. The molecule has 0 radical (unpaired) electrons. The van der Waals surface area contributed by atoms with E-state index in [0.717, 1.165) is 12.8 Å². The molecular weight excluding hydrogens is 360 g/mol. The number of rotatable bonds is 8. The number of carbonyl (C=O) groups is 1. The summed E-state index contributed by atoms with van der Waals surface area (Å²) in [5, 5.41) is 0. The van der Waals surface area contributed by atoms with Gasteiger partial charge in [-0.2, -0.15) is 0 Å². The van der Waals surface area contributed by atoms with Crippen molar-refractivity contribution in [3.05, 3.63) is 36.4 Å². The maximum Gasteiger partial charge on any atom is 0.285 e. The highest BCUT2D eigenvalue weighted by atomic mass is 32.2. The monoisotopic (exact) mass is 378 g/mol. The van der Waals surface area contributed by atoms with Crippen LogP contribution in [0.5, 0.6) is 11.8 Å². The van der Waals surface area contributed by atoms with Gasteiger partial charge in [0.05, 0.1) is 25.6 Å². The molecule has 2 aromatic rings. The zero-order valence-electron chi connectivity index (χ0n) is 14.1. The van der Waals surface area contributed by atoms with Crippen LogP contribution in [-0.2, 0) is 10.0 Å². The van der Waals surface area contributed by atoms with Gasteiger partial charge in [-0.15, -0.1) is 0 Å². The van der Waals surface area contributed by atoms with Gasteiger partial charge < -0.3 is 9.47 Å². The van der Waals surface area contributed by atoms with Crippen LogP contribution in [-0.4, -0.2) is 42.5 Å². The van der Waals surface area contributed by atoms with E-state index >= 15 is 0 Å². The molecule has 1 aliphatic rings. The highest BCUT2D eigenvalue weighted by molar-refractivity contribution is 7.90. The summed E-state index contributed by atoms with van der Waals surface area (Å²) < 4.78 is 37.4. The first kappa shape index (κ1) is 18.1. The third kappa shape index (κ3) is 4.45. The van der Waals surface area contributed by atoms with E-state index < -0.39 is 15.9 Å². The average molecular weight is 378 g/mol. The Morgan fingerprint density at radius 1 is 1.23 bits per heavy atom. The van der Waals surface area contributed by atoms with E-state index in [2.05, 4.69) is 15.0 Å². The standard InChI is InChI=1S/C16H18N4O5S/c1-2-24-16-13(4-3-7-17-16)26(22,23)20-15(21)12-8-19-14(9-18-12)25-10-11-5-6-11/h3-4,7-9,11H,2,5-6,10H2,1H3,(H,20,21). The van der Waals surface area contributed by atoms with Crippen molar-refractivity contribution in [2.24, 2.45) is 5.92 Å². The van der Waals surface area contributed by atoms with Gasteiger partial charge in [-0.3, -0.25) is 4.79 Å². The molecule has 3 rings (SSSR count). The van der Waals surface area contributed by atoms with Crippen LogP contribution < -0.4 is 14.2 Å². The van der Waals surface area contributed by atoms with Crippen molar-refractivity contribution in [3.63, 3.8) is 0 Å². The van der Waals surface area contributed by atoms with E-state index in [1.54, 1.807) is 6.92 Å². The van der Waals surface area contributed by atoms with Crippen LogP contribution in [0.3, 0.4) is 0 Å². The maximum absolute atomic E-state index is 12.4. The first-order chi connectivity index (χ1) is 12.5. The van der Waals surface area contributed by atoms with Gasteiger partial charge >= 0.3 is 0 Å². The van der Waals surface area contributed by atoms with Gasteiger partial charge in [0.1, 0.15) is 10.6 Å². The molecule has 26 heavy (non-hydrogen) atoms. The summed E-state index contributed by atoms with van der Waals surface area (Å²) in [6.45, 7) is 2.50. The summed E-state index contributed by atoms with van der Waals surface area (Å²) in [6, 6.07) is 2.74. The van der Waals surface area contributed by atoms with Gasteiger partial charge in [-0.25, -0.2) is 28.1 Å². The minimum absolute atomic E-state index is 0.0785. The van der Waals surface area contributed by atoms with Crippen LogP contribution in [0, 0.1) is 5.92 Å². The van der Waals surface area contributed by atoms with Gasteiger partial charge in [0.25, 0.3) is 15.9 Å². The number of hydrogen-bond donors (Lipinski definition) is 1. The van der Waals surface area contributed by atoms with Gasteiger partial charge in [-0.05, 0) is 37.8 Å². The molecule has 0 saturated heterocycles. The summed E-state index contributed by atoms with van der Waals surface area (Å²) in [5.74, 6) is -0.131. The van der Waals surface area contributed by atoms with Crippen LogP contribution in [0.4, 0.5) is 0 Å². The number of amides is 1. The molecule has 2 aromatic heterocycles. The summed E-state index contributed by atoms with van der Waals surface area (Å²) >= 11 is 0. The van der Waals surface area contributed by atoms with Crippen LogP contribution in [0.2, 0.25) is 0 Å². The fraction of sp³-hybridized carbons (Fsp3) is 0.375. The molecule has 1 aliphatic carbocycles. The minimum atomic E-state index is -4.17. The van der Waals surface area contributed by atoms with Crippen molar-refractivity contribution < 1.29 is 22.7 Å². The molecule has 0 spiro atoms. The van der Waals surface area contributed by atoms with E-state index in [1.165, 1.54) is 30.7 Å². The number of pyridine rings is 1. The van der Waals surface area contributed by atoms with Gasteiger partial charge in [0.15, 0.2) is 0 Å². The lowest BCUT2D eigenvalue weighted by molar-refractivity contribution is 0.0976. The summed E-state index contributed by atoms with van der Waals surface area (Å²) in [7, 11) is -4.17. The van der Waals surface area contributed by atoms with Gasteiger partial charge in [0.2, 0.25) is 11.8 Å². The van der Waals surface area contributed by atoms with Gasteiger partial charge in [0, 0.05) is 6.20 Å². The van der Waals surface area contributed by atoms with E-state index in [0.29, 0.717) is 18.4 Å². The second-order valence-corrected chi connectivity index (χ2v) is 7.32. The molecule has 9 nitrogen and oxygen atoms in total. The lowest BCUT2D eigenvalue weighted by atomic mass is 10.4. The van der Waals surface area contributed by atoms with Crippen molar-refractivity contribution in [1.29, 1.82) is 0 Å². The van der Waals surface area contributed by atoms with Crippen molar-refractivity contribution in [1.82, 2.24) is 19.7 Å². The van der Waals surface area contributed by atoms with Crippen molar-refractivity contribution in [2.45, 2.75) is 24.7 Å². The second-order valence-electron chi connectivity index (χ2n) is 5.67. The fourth-order valence-electron chi connectivity index (χ4n) is 2.05. The largest absolute Gasteiger partial charge is 0.477 e. The first-order valence-electron chi connectivity index (χ1n) is 8.09. The van der Waals surface area contributed by atoms with Crippen molar-refractivity contribution in [2.75, 3.05) is 13.2 Å². The number of carbonyl (C=O) groups excluding carboxylic acids is 1. The number of hydrogen-bond acceptors (Lipinski definition) is 8. The Kier molecular flexibility index (Phi) is 5.31. The molecule has 1 N–H and O–H groups in total. The molecular formula is C16H18N4O5S. The second kappa shape index (κ2) is 7.65. The third-order valence-electron chi connectivity index (χ3n) is 3.56. The Bertz CT molecular complexity index is 882. The molecule has 0 unspecified atom stereocenters. The smallest absolute Gasteiger partial charge is 0.285 e. The molecule has 10 heteroatoms. The normalized spacial score (nSPS) is 13.9. The first-order valence-corrected chi connectivity index (χ1v) is 9.57. The van der Waals surface area contributed by atoms with E-state index in [9.17, 15) is 13.2 Å². The molecule has 138 valence electrons. The minimum Gasteiger partial charge on any atom is -0.477 e. The number of sulfonamides is 1. The number of nitrogens with zero attached hydrogens (tertiary/aromatic N) is 3. The van der Waals surface area contributed by atoms with Crippen LogP contribution in [0.1, 0.15) is 30.3 Å². The molecule has 2 heterocycles. The Morgan fingerprint density at radius 2 is 2.04 bits per heavy atom. The zero-order valence-corrected chi connectivity index (χ0v) is 14.9. The van der Waals surface area contributed by atoms with E-state index in [4.69, 9.17) is 9.47 Å². The summed E-state index contributed by atoms with van der Waals surface area (Å²) in [5.41, 5.74) is -0.144. The van der Waals surface area contributed by atoms with E-state index in [-0.39, 0.29) is 23.1 Å². The quantitative estimate of drug-likeness (QED) is 0.727. The van der Waals surface area contributed by atoms with Crippen molar-refractivity contribution in [3.8, 4) is 11.8 Å². The third-order valence-corrected chi connectivity index (χ3v) is 4.90. The Morgan fingerprint density at radius 3 is 2.69 bits per heavy atom. The molecule has 1 fully saturated rings. The Hall–Kier alpha value is -2.75. The molecule has 0 bridgehead atoms. The van der Waals surface area contributed by atoms with Gasteiger partial charge in [-0.1, -0.05) is 0 Å². The topological polar surface area (TPSA) is 120 Å². The Balaban J connectivity index is 1.70. The highest BCUT2D eigenvalue weighted by Crippen LogP contribution is 2.29. The van der Waals surface area contributed by atoms with Crippen molar-refractivity contribution >= 4 is 15.9 Å². The molecule has 0 atom stereocenters. The lowest BCUT2D eigenvalue weighted by Gasteiger charge is -2.10. The van der Waals surface area contributed by atoms with E-state index in [1.807, 2.05) is 4.72 Å². The number of nitrogens with one attached hydrogen (secondary N) is 1. The fourth-order valence-corrected chi connectivity index (χ4v) is 3.11. The van der Waals surface area contributed by atoms with Crippen LogP contribution >= 0.6 is 0 Å².